The van der Waals surface area contributed by atoms with E-state index in [-0.39, 0.29) is 5.78 Å². The highest BCUT2D eigenvalue weighted by Crippen LogP contribution is 2.30. The van der Waals surface area contributed by atoms with E-state index in [1.165, 1.54) is 11.6 Å². The molecule has 72 valence electrons. The second kappa shape index (κ2) is 3.02. The van der Waals surface area contributed by atoms with E-state index in [0.717, 1.165) is 16.6 Å². The van der Waals surface area contributed by atoms with Crippen molar-refractivity contribution in [1.29, 1.82) is 0 Å². The summed E-state index contributed by atoms with van der Waals surface area (Å²) < 4.78 is 0. The summed E-state index contributed by atoms with van der Waals surface area (Å²) >= 11 is 0. The number of aliphatic imine (C=N–C) groups is 1. The van der Waals surface area contributed by atoms with Gasteiger partial charge >= 0.3 is 0 Å². The molecule has 0 aromatic heterocycles. The third-order valence-electron chi connectivity index (χ3n) is 2.71. The Kier molecular flexibility index (Phi) is 1.68. The number of hydrogen-bond donors (Lipinski definition) is 0. The van der Waals surface area contributed by atoms with Crippen molar-refractivity contribution in [3.8, 4) is 0 Å². The van der Waals surface area contributed by atoms with Crippen LogP contribution in [0.2, 0.25) is 0 Å². The maximum atomic E-state index is 11.3. The normalized spacial score (nSPS) is 14.3. The number of rotatable bonds is 0. The smallest absolute Gasteiger partial charge is 0.178 e. The molecule has 0 saturated carbocycles. The van der Waals surface area contributed by atoms with Gasteiger partial charge in [0.2, 0.25) is 0 Å². The van der Waals surface area contributed by atoms with E-state index >= 15 is 0 Å². The molecule has 2 aromatic rings. The van der Waals surface area contributed by atoms with Crippen LogP contribution >= 0.6 is 0 Å². The largest absolute Gasteiger partial charge is 0.293 e. The highest BCUT2D eigenvalue weighted by Gasteiger charge is 2.13. The zero-order valence-electron chi connectivity index (χ0n) is 8.10. The second-order valence-corrected chi connectivity index (χ2v) is 3.69. The van der Waals surface area contributed by atoms with Gasteiger partial charge in [-0.25, -0.2) is 0 Å². The van der Waals surface area contributed by atoms with E-state index in [0.29, 0.717) is 6.42 Å². The van der Waals surface area contributed by atoms with Crippen LogP contribution in [0.3, 0.4) is 0 Å². The monoisotopic (exact) mass is 195 g/mol. The standard InChI is InChI=1S/C13H9NO/c15-10-7-12-11-4-2-1-3-9(11)5-6-13(12)14-8-10/h1-6,8H,7H2. The fraction of sp³-hybridized carbons (Fsp3) is 0.0769. The summed E-state index contributed by atoms with van der Waals surface area (Å²) in [6.07, 6.45) is 1.89. The second-order valence-electron chi connectivity index (χ2n) is 3.69. The summed E-state index contributed by atoms with van der Waals surface area (Å²) in [5.74, 6) is 0.0823. The van der Waals surface area contributed by atoms with Crippen molar-refractivity contribution < 1.29 is 4.79 Å². The number of Topliss-reactive ketones (excluding diaryl/α,β-unsaturated/α-hetero) is 1. The van der Waals surface area contributed by atoms with Gasteiger partial charge in [-0.1, -0.05) is 30.3 Å². The third-order valence-corrected chi connectivity index (χ3v) is 2.71. The summed E-state index contributed by atoms with van der Waals surface area (Å²) in [6.45, 7) is 0. The van der Waals surface area contributed by atoms with Gasteiger partial charge in [0, 0.05) is 6.42 Å². The van der Waals surface area contributed by atoms with Crippen LogP contribution in [0.5, 0.6) is 0 Å². The highest BCUT2D eigenvalue weighted by molar-refractivity contribution is 6.30. The summed E-state index contributed by atoms with van der Waals surface area (Å²) in [6, 6.07) is 12.1. The SMILES string of the molecule is O=C1C=Nc2ccc3ccccc3c2C1. The molecule has 1 heterocycles. The number of ketones is 1. The highest BCUT2D eigenvalue weighted by atomic mass is 16.1. The number of fused-ring (bicyclic) bond motifs is 3. The molecule has 0 unspecified atom stereocenters. The first kappa shape index (κ1) is 8.36. The van der Waals surface area contributed by atoms with Crippen molar-refractivity contribution in [2.75, 3.05) is 0 Å². The fourth-order valence-electron chi connectivity index (χ4n) is 1.99. The molecule has 0 saturated heterocycles. The molecular formula is C13H9NO. The van der Waals surface area contributed by atoms with Gasteiger partial charge in [-0.3, -0.25) is 9.79 Å². The van der Waals surface area contributed by atoms with Gasteiger partial charge in [-0.15, -0.1) is 0 Å². The van der Waals surface area contributed by atoms with Crippen LogP contribution in [0.4, 0.5) is 5.69 Å². The Morgan fingerprint density at radius 3 is 2.87 bits per heavy atom. The third kappa shape index (κ3) is 1.26. The molecule has 3 rings (SSSR count). The lowest BCUT2D eigenvalue weighted by atomic mass is 9.97. The van der Waals surface area contributed by atoms with E-state index in [4.69, 9.17) is 0 Å². The van der Waals surface area contributed by atoms with Crippen LogP contribution in [0.25, 0.3) is 10.8 Å². The van der Waals surface area contributed by atoms with E-state index < -0.39 is 0 Å². The van der Waals surface area contributed by atoms with E-state index in [1.807, 2.05) is 30.3 Å². The lowest BCUT2D eigenvalue weighted by molar-refractivity contribution is -0.112. The van der Waals surface area contributed by atoms with Gasteiger partial charge < -0.3 is 0 Å². The maximum absolute atomic E-state index is 11.3. The van der Waals surface area contributed by atoms with E-state index in [1.54, 1.807) is 0 Å². The van der Waals surface area contributed by atoms with Crippen molar-refractivity contribution in [1.82, 2.24) is 0 Å². The summed E-state index contributed by atoms with van der Waals surface area (Å²) in [7, 11) is 0. The minimum absolute atomic E-state index is 0.0823. The molecule has 0 radical (unpaired) electrons. The maximum Gasteiger partial charge on any atom is 0.178 e. The Labute approximate surface area is 87.3 Å². The Hall–Kier alpha value is -1.96. The van der Waals surface area contributed by atoms with Crippen LogP contribution in [0.15, 0.2) is 41.4 Å². The molecule has 0 aliphatic carbocycles. The van der Waals surface area contributed by atoms with Crippen molar-refractivity contribution in [2.24, 2.45) is 4.99 Å². The van der Waals surface area contributed by atoms with Gasteiger partial charge in [0.25, 0.3) is 0 Å². The Morgan fingerprint density at radius 2 is 1.93 bits per heavy atom. The van der Waals surface area contributed by atoms with Crippen LogP contribution in [-0.4, -0.2) is 12.0 Å². The Morgan fingerprint density at radius 1 is 1.07 bits per heavy atom. The minimum atomic E-state index is 0.0823. The van der Waals surface area contributed by atoms with E-state index in [2.05, 4.69) is 11.1 Å². The number of benzene rings is 2. The molecule has 0 atom stereocenters. The molecule has 2 aromatic carbocycles. The average molecular weight is 195 g/mol. The molecule has 0 spiro atoms. The molecule has 2 nitrogen and oxygen atoms in total. The molecule has 0 bridgehead atoms. The number of carbonyl (C=O) groups is 1. The number of hydrogen-bond acceptors (Lipinski definition) is 2. The average Bonchev–Trinajstić information content (AvgIpc) is 2.29. The fourth-order valence-corrected chi connectivity index (χ4v) is 1.99. The number of carbonyl (C=O) groups excluding carboxylic acids is 1. The predicted octanol–water partition coefficient (Wildman–Crippen LogP) is 2.67. The molecule has 0 amide bonds. The molecule has 1 aliphatic rings. The zero-order valence-corrected chi connectivity index (χ0v) is 8.10. The van der Waals surface area contributed by atoms with Crippen molar-refractivity contribution in [3.63, 3.8) is 0 Å². The van der Waals surface area contributed by atoms with Crippen molar-refractivity contribution >= 4 is 28.5 Å². The van der Waals surface area contributed by atoms with Crippen LogP contribution < -0.4 is 0 Å². The van der Waals surface area contributed by atoms with Crippen LogP contribution in [0, 0.1) is 0 Å². The summed E-state index contributed by atoms with van der Waals surface area (Å²) in [4.78, 5) is 15.5. The molecule has 0 N–H and O–H groups in total. The number of nitrogens with zero attached hydrogens (tertiary/aromatic N) is 1. The lowest BCUT2D eigenvalue weighted by Gasteiger charge is -2.11. The predicted molar refractivity (Wildman–Crippen MR) is 60.8 cm³/mol. The summed E-state index contributed by atoms with van der Waals surface area (Å²) in [5.41, 5.74) is 1.98. The minimum Gasteiger partial charge on any atom is -0.293 e. The molecule has 15 heavy (non-hydrogen) atoms. The quantitative estimate of drug-likeness (QED) is 0.635. The Bertz CT molecular complexity index is 584. The summed E-state index contributed by atoms with van der Waals surface area (Å²) in [5, 5.41) is 2.31. The Balaban J connectivity index is 2.38. The first-order valence-corrected chi connectivity index (χ1v) is 4.92. The molecule has 1 aliphatic heterocycles. The van der Waals surface area contributed by atoms with Crippen LogP contribution in [-0.2, 0) is 11.2 Å². The zero-order chi connectivity index (χ0) is 10.3. The van der Waals surface area contributed by atoms with Crippen molar-refractivity contribution in [2.45, 2.75) is 6.42 Å². The first-order chi connectivity index (χ1) is 7.34. The van der Waals surface area contributed by atoms with E-state index in [9.17, 15) is 4.79 Å². The molecular weight excluding hydrogens is 186 g/mol. The van der Waals surface area contributed by atoms with Crippen LogP contribution in [0.1, 0.15) is 5.56 Å². The molecule has 0 fully saturated rings. The first-order valence-electron chi connectivity index (χ1n) is 4.92. The van der Waals surface area contributed by atoms with Gasteiger partial charge in [-0.2, -0.15) is 0 Å². The van der Waals surface area contributed by atoms with Gasteiger partial charge in [-0.05, 0) is 22.4 Å². The van der Waals surface area contributed by atoms with Crippen molar-refractivity contribution in [3.05, 3.63) is 42.0 Å². The topological polar surface area (TPSA) is 29.4 Å². The lowest BCUT2D eigenvalue weighted by Crippen LogP contribution is -2.08. The molecule has 2 heteroatoms. The van der Waals surface area contributed by atoms with Gasteiger partial charge in [0.1, 0.15) is 0 Å². The van der Waals surface area contributed by atoms with Gasteiger partial charge in [0.15, 0.2) is 5.78 Å². The van der Waals surface area contributed by atoms with Gasteiger partial charge in [0.05, 0.1) is 11.9 Å².